The fraction of sp³-hybridized carbons (Fsp3) is 0.320. The van der Waals surface area contributed by atoms with Gasteiger partial charge in [-0.15, -0.1) is 0 Å². The van der Waals surface area contributed by atoms with Gasteiger partial charge in [-0.1, -0.05) is 29.4 Å². The zero-order valence-electron chi connectivity index (χ0n) is 20.5. The fourth-order valence-electron chi connectivity index (χ4n) is 3.47. The second-order valence-corrected chi connectivity index (χ2v) is 11.0. The highest BCUT2D eigenvalue weighted by Crippen LogP contribution is 2.62. The van der Waals surface area contributed by atoms with Gasteiger partial charge in [-0.05, 0) is 63.1 Å². The van der Waals surface area contributed by atoms with Gasteiger partial charge in [0.05, 0.1) is 5.02 Å². The summed E-state index contributed by atoms with van der Waals surface area (Å²) >= 11 is 6.91. The number of carboxylic acid groups (broad SMARTS) is 1. The zero-order chi connectivity index (χ0) is 27.4. The summed E-state index contributed by atoms with van der Waals surface area (Å²) in [7, 11) is 1.47. The molecule has 1 unspecified atom stereocenters. The van der Waals surface area contributed by atoms with Crippen molar-refractivity contribution >= 4 is 52.2 Å². The second-order valence-electron chi connectivity index (χ2n) is 9.19. The van der Waals surface area contributed by atoms with Gasteiger partial charge in [0.1, 0.15) is 17.1 Å². The number of amides is 2. The molecule has 3 N–H and O–H groups in total. The molecule has 0 aliphatic heterocycles. The molecular weight excluding hydrogens is 523 g/mol. The van der Waals surface area contributed by atoms with Crippen LogP contribution in [0.5, 0.6) is 0 Å². The third kappa shape index (κ3) is 7.77. The van der Waals surface area contributed by atoms with E-state index in [4.69, 9.17) is 16.3 Å². The molecule has 0 saturated heterocycles. The van der Waals surface area contributed by atoms with Crippen molar-refractivity contribution in [3.8, 4) is 0 Å². The number of aliphatic imine (C=N–C) groups is 1. The number of hydrogen-bond donors (Lipinski definition) is 3. The van der Waals surface area contributed by atoms with E-state index in [2.05, 4.69) is 20.6 Å². The standard InChI is InChI=1S/C25H26ClFN4O5S/c1-24(2,3)36-23(35)31-22(28-4)37-25(10-9-20(32)33)12-17(25)16-11-15(6-7-18(16)27)30-21(34)19-8-5-14(26)13-29-19/h5-11,13,17H,12H2,1-4H3,(H,30,34)(H,32,33)(H,28,31,35)/b10-9+/t17?,25-/m0/s1. The number of carbonyl (C=O) groups is 3. The molecule has 0 radical (unpaired) electrons. The fourth-order valence-corrected chi connectivity index (χ4v) is 4.82. The van der Waals surface area contributed by atoms with Crippen LogP contribution in [0.3, 0.4) is 0 Å². The van der Waals surface area contributed by atoms with E-state index >= 15 is 0 Å². The van der Waals surface area contributed by atoms with E-state index in [0.29, 0.717) is 17.1 Å². The molecule has 0 bridgehead atoms. The Bertz CT molecular complexity index is 1260. The SMILES string of the molecule is CN=C(NC(=O)OC(C)(C)C)S[C@@]1(/C=C/C(=O)O)CC1c1cc(NC(=O)c2ccc(Cl)cn2)ccc1F. The van der Waals surface area contributed by atoms with Crippen molar-refractivity contribution < 1.29 is 28.6 Å². The maximum absolute atomic E-state index is 14.9. The Morgan fingerprint density at radius 3 is 2.62 bits per heavy atom. The maximum Gasteiger partial charge on any atom is 0.413 e. The topological polar surface area (TPSA) is 130 Å². The van der Waals surface area contributed by atoms with Gasteiger partial charge in [-0.25, -0.2) is 19.0 Å². The smallest absolute Gasteiger partial charge is 0.413 e. The molecular formula is C25H26ClFN4O5S. The lowest BCUT2D eigenvalue weighted by Crippen LogP contribution is -2.36. The lowest BCUT2D eigenvalue weighted by Gasteiger charge is -2.21. The number of pyridine rings is 1. The van der Waals surface area contributed by atoms with Crippen molar-refractivity contribution in [2.45, 2.75) is 43.5 Å². The molecule has 196 valence electrons. The van der Waals surface area contributed by atoms with E-state index in [1.165, 1.54) is 49.7 Å². The van der Waals surface area contributed by atoms with Crippen LogP contribution in [-0.2, 0) is 9.53 Å². The number of halogens is 2. The molecule has 2 aromatic rings. The number of aliphatic carboxylic acids is 1. The molecule has 1 fully saturated rings. The summed E-state index contributed by atoms with van der Waals surface area (Å²) in [6.07, 6.45) is 3.42. The number of carbonyl (C=O) groups excluding carboxylic acids is 2. The first-order valence-corrected chi connectivity index (χ1v) is 12.3. The Hall–Kier alpha value is -3.44. The first-order valence-electron chi connectivity index (χ1n) is 11.1. The van der Waals surface area contributed by atoms with E-state index in [1.807, 2.05) is 0 Å². The minimum Gasteiger partial charge on any atom is -0.478 e. The number of aromatic nitrogens is 1. The summed E-state index contributed by atoms with van der Waals surface area (Å²) < 4.78 is 19.3. The quantitative estimate of drug-likeness (QED) is 0.256. The summed E-state index contributed by atoms with van der Waals surface area (Å²) in [5.41, 5.74) is 0.0131. The molecule has 2 amide bonds. The molecule has 1 aromatic heterocycles. The third-order valence-electron chi connectivity index (χ3n) is 5.15. The van der Waals surface area contributed by atoms with Gasteiger partial charge in [0.15, 0.2) is 5.17 Å². The van der Waals surface area contributed by atoms with Crippen molar-refractivity contribution in [1.82, 2.24) is 10.3 Å². The molecule has 3 rings (SSSR count). The third-order valence-corrected chi connectivity index (χ3v) is 6.82. The number of alkyl carbamates (subject to hydrolysis) is 1. The lowest BCUT2D eigenvalue weighted by molar-refractivity contribution is -0.131. The van der Waals surface area contributed by atoms with Crippen molar-refractivity contribution in [2.24, 2.45) is 4.99 Å². The minimum absolute atomic E-state index is 0.132. The summed E-state index contributed by atoms with van der Waals surface area (Å²) in [6.45, 7) is 5.15. The van der Waals surface area contributed by atoms with Gasteiger partial charge in [0.25, 0.3) is 5.91 Å². The predicted molar refractivity (Wildman–Crippen MR) is 141 cm³/mol. The van der Waals surface area contributed by atoms with Crippen molar-refractivity contribution in [2.75, 3.05) is 12.4 Å². The Morgan fingerprint density at radius 1 is 1.30 bits per heavy atom. The van der Waals surface area contributed by atoms with Crippen LogP contribution in [0.25, 0.3) is 0 Å². The molecule has 2 atom stereocenters. The molecule has 12 heteroatoms. The number of nitrogens with zero attached hydrogens (tertiary/aromatic N) is 2. The Labute approximate surface area is 222 Å². The summed E-state index contributed by atoms with van der Waals surface area (Å²) in [5.74, 6) is -2.65. The highest BCUT2D eigenvalue weighted by molar-refractivity contribution is 8.15. The molecule has 0 spiro atoms. The first-order chi connectivity index (χ1) is 17.3. The van der Waals surface area contributed by atoms with E-state index in [1.54, 1.807) is 20.8 Å². The van der Waals surface area contributed by atoms with Crippen LogP contribution in [0.2, 0.25) is 5.02 Å². The normalized spacial score (nSPS) is 19.4. The van der Waals surface area contributed by atoms with Gasteiger partial charge < -0.3 is 15.2 Å². The van der Waals surface area contributed by atoms with Crippen molar-refractivity contribution in [1.29, 1.82) is 0 Å². The molecule has 1 saturated carbocycles. The zero-order valence-corrected chi connectivity index (χ0v) is 22.1. The average molecular weight is 549 g/mol. The lowest BCUT2D eigenvalue weighted by atomic mass is 10.1. The highest BCUT2D eigenvalue weighted by Gasteiger charge is 2.56. The molecule has 1 aliphatic carbocycles. The van der Waals surface area contributed by atoms with Crippen LogP contribution in [0.15, 0.2) is 53.7 Å². The number of thioether (sulfide) groups is 1. The van der Waals surface area contributed by atoms with Crippen molar-refractivity contribution in [3.63, 3.8) is 0 Å². The predicted octanol–water partition coefficient (Wildman–Crippen LogP) is 5.24. The first kappa shape index (κ1) is 28.1. The van der Waals surface area contributed by atoms with E-state index in [0.717, 1.165) is 17.8 Å². The van der Waals surface area contributed by atoms with Crippen LogP contribution in [0.4, 0.5) is 14.9 Å². The molecule has 9 nitrogen and oxygen atoms in total. The van der Waals surface area contributed by atoms with Crippen LogP contribution >= 0.6 is 23.4 Å². The Balaban J connectivity index is 1.83. The summed E-state index contributed by atoms with van der Waals surface area (Å²) in [6, 6.07) is 7.13. The highest BCUT2D eigenvalue weighted by atomic mass is 35.5. The number of amidine groups is 1. The number of ether oxygens (including phenoxy) is 1. The van der Waals surface area contributed by atoms with E-state index < -0.39 is 40.1 Å². The number of benzene rings is 1. The second kappa shape index (κ2) is 11.3. The number of hydrogen-bond acceptors (Lipinski definition) is 7. The molecule has 1 heterocycles. The van der Waals surface area contributed by atoms with E-state index in [-0.39, 0.29) is 16.4 Å². The monoisotopic (exact) mass is 548 g/mol. The van der Waals surface area contributed by atoms with Crippen LogP contribution in [0, 0.1) is 5.82 Å². The Kier molecular flexibility index (Phi) is 8.60. The molecule has 37 heavy (non-hydrogen) atoms. The average Bonchev–Trinajstić information content (AvgIpc) is 3.51. The largest absolute Gasteiger partial charge is 0.478 e. The number of carboxylic acids is 1. The number of rotatable bonds is 6. The van der Waals surface area contributed by atoms with Crippen molar-refractivity contribution in [3.05, 3.63) is 70.8 Å². The van der Waals surface area contributed by atoms with Gasteiger partial charge in [0.2, 0.25) is 0 Å². The molecule has 1 aromatic carbocycles. The van der Waals surface area contributed by atoms with Crippen LogP contribution in [0.1, 0.15) is 49.2 Å². The van der Waals surface area contributed by atoms with Crippen LogP contribution < -0.4 is 10.6 Å². The summed E-state index contributed by atoms with van der Waals surface area (Å²) in [5, 5.41) is 15.0. The number of anilines is 1. The maximum atomic E-state index is 14.9. The van der Waals surface area contributed by atoms with Gasteiger partial charge in [0, 0.05) is 35.7 Å². The van der Waals surface area contributed by atoms with E-state index in [9.17, 15) is 23.9 Å². The Morgan fingerprint density at radius 2 is 2.03 bits per heavy atom. The molecule has 1 aliphatic rings. The van der Waals surface area contributed by atoms with Gasteiger partial charge in [-0.2, -0.15) is 0 Å². The minimum atomic E-state index is -1.17. The number of nitrogens with one attached hydrogen (secondary N) is 2. The van der Waals surface area contributed by atoms with Gasteiger partial charge >= 0.3 is 12.1 Å². The van der Waals surface area contributed by atoms with Gasteiger partial charge in [-0.3, -0.25) is 15.1 Å². The van der Waals surface area contributed by atoms with Crippen LogP contribution in [-0.4, -0.2) is 50.6 Å². The summed E-state index contributed by atoms with van der Waals surface area (Å²) in [4.78, 5) is 44.1.